The molecule has 6 nitrogen and oxygen atoms in total. The van der Waals surface area contributed by atoms with Gasteiger partial charge in [-0.2, -0.15) is 0 Å². The molecule has 1 aromatic carbocycles. The van der Waals surface area contributed by atoms with E-state index < -0.39 is 5.97 Å². The van der Waals surface area contributed by atoms with Crippen molar-refractivity contribution in [3.8, 4) is 0 Å². The Morgan fingerprint density at radius 2 is 2.00 bits per heavy atom. The maximum absolute atomic E-state index is 12.2. The lowest BCUT2D eigenvalue weighted by molar-refractivity contribution is -0.142. The number of aromatic nitrogens is 2. The van der Waals surface area contributed by atoms with Gasteiger partial charge >= 0.3 is 5.97 Å². The molecule has 6 heteroatoms. The Balaban J connectivity index is 1.62. The van der Waals surface area contributed by atoms with E-state index in [0.29, 0.717) is 18.4 Å². The second kappa shape index (κ2) is 5.55. The molecule has 1 aliphatic rings. The number of amides is 1. The Hall–Kier alpha value is -2.37. The Bertz CT molecular complexity index is 672. The number of hydrogen-bond donors (Lipinski definition) is 3. The van der Waals surface area contributed by atoms with Crippen molar-refractivity contribution in [3.05, 3.63) is 30.1 Å². The van der Waals surface area contributed by atoms with Gasteiger partial charge < -0.3 is 15.4 Å². The third-order valence-electron chi connectivity index (χ3n) is 4.09. The summed E-state index contributed by atoms with van der Waals surface area (Å²) in [7, 11) is 0. The average molecular weight is 287 g/mol. The number of carboxylic acids is 1. The van der Waals surface area contributed by atoms with Crippen molar-refractivity contribution in [2.75, 3.05) is 0 Å². The Kier molecular flexibility index (Phi) is 3.60. The van der Waals surface area contributed by atoms with Crippen molar-refractivity contribution in [1.29, 1.82) is 0 Å². The summed E-state index contributed by atoms with van der Waals surface area (Å²) in [6, 6.07) is 5.40. The van der Waals surface area contributed by atoms with Gasteiger partial charge in [-0.25, -0.2) is 4.98 Å². The number of nitrogens with one attached hydrogen (secondary N) is 2. The fraction of sp³-hybridized carbons (Fsp3) is 0.400. The minimum absolute atomic E-state index is 0.0607. The molecule has 3 rings (SSSR count). The minimum atomic E-state index is -0.732. The quantitative estimate of drug-likeness (QED) is 0.804. The molecule has 2 aromatic rings. The van der Waals surface area contributed by atoms with Gasteiger partial charge in [-0.3, -0.25) is 9.59 Å². The van der Waals surface area contributed by atoms with Crippen LogP contribution in [0.25, 0.3) is 11.0 Å². The summed E-state index contributed by atoms with van der Waals surface area (Å²) in [6.07, 6.45) is 4.28. The van der Waals surface area contributed by atoms with Crippen LogP contribution in [-0.4, -0.2) is 33.0 Å². The standard InChI is InChI=1S/C15H17N3O3/c19-14(10-3-6-12-13(7-10)17-8-16-12)18-11-4-1-9(2-5-11)15(20)21/h3,6-9,11H,1-2,4-5H2,(H,16,17)(H,18,19)(H,20,21). The van der Waals surface area contributed by atoms with Crippen molar-refractivity contribution >= 4 is 22.9 Å². The molecule has 0 spiro atoms. The predicted molar refractivity (Wildman–Crippen MR) is 76.9 cm³/mol. The fourth-order valence-electron chi connectivity index (χ4n) is 2.83. The van der Waals surface area contributed by atoms with Crippen LogP contribution in [-0.2, 0) is 4.79 Å². The predicted octanol–water partition coefficient (Wildman–Crippen LogP) is 1.94. The molecule has 110 valence electrons. The molecule has 0 aliphatic heterocycles. The minimum Gasteiger partial charge on any atom is -0.481 e. The van der Waals surface area contributed by atoms with Crippen molar-refractivity contribution in [3.63, 3.8) is 0 Å². The van der Waals surface area contributed by atoms with E-state index in [1.807, 2.05) is 6.07 Å². The van der Waals surface area contributed by atoms with Crippen LogP contribution in [0.4, 0.5) is 0 Å². The first-order chi connectivity index (χ1) is 10.1. The van der Waals surface area contributed by atoms with Gasteiger partial charge in [0.05, 0.1) is 23.3 Å². The smallest absolute Gasteiger partial charge is 0.306 e. The summed E-state index contributed by atoms with van der Waals surface area (Å²) < 4.78 is 0. The van der Waals surface area contributed by atoms with Crippen LogP contribution in [0.3, 0.4) is 0 Å². The molecule has 21 heavy (non-hydrogen) atoms. The van der Waals surface area contributed by atoms with Gasteiger partial charge in [0.25, 0.3) is 5.91 Å². The first-order valence-corrected chi connectivity index (χ1v) is 7.10. The molecule has 1 heterocycles. The molecule has 0 bridgehead atoms. The van der Waals surface area contributed by atoms with Gasteiger partial charge in [0.1, 0.15) is 0 Å². The highest BCUT2D eigenvalue weighted by molar-refractivity contribution is 5.97. The number of carbonyl (C=O) groups is 2. The number of carbonyl (C=O) groups excluding carboxylic acids is 1. The molecule has 1 amide bonds. The highest BCUT2D eigenvalue weighted by Crippen LogP contribution is 2.24. The summed E-state index contributed by atoms with van der Waals surface area (Å²) in [6.45, 7) is 0. The number of imidazole rings is 1. The third-order valence-corrected chi connectivity index (χ3v) is 4.09. The molecule has 1 fully saturated rings. The summed E-state index contributed by atoms with van der Waals surface area (Å²) in [4.78, 5) is 30.2. The SMILES string of the molecule is O=C(NC1CCC(C(=O)O)CC1)c1ccc2nc[nH]c2c1. The third kappa shape index (κ3) is 2.89. The van der Waals surface area contributed by atoms with Crippen LogP contribution in [0.15, 0.2) is 24.5 Å². The van der Waals surface area contributed by atoms with E-state index in [2.05, 4.69) is 15.3 Å². The zero-order chi connectivity index (χ0) is 14.8. The molecule has 1 saturated carbocycles. The Morgan fingerprint density at radius 1 is 1.24 bits per heavy atom. The van der Waals surface area contributed by atoms with E-state index in [1.165, 1.54) is 0 Å². The van der Waals surface area contributed by atoms with Crippen LogP contribution < -0.4 is 5.32 Å². The van der Waals surface area contributed by atoms with Gasteiger partial charge in [0.2, 0.25) is 0 Å². The van der Waals surface area contributed by atoms with Gasteiger partial charge in [-0.1, -0.05) is 0 Å². The van der Waals surface area contributed by atoms with Gasteiger partial charge in [0.15, 0.2) is 0 Å². The lowest BCUT2D eigenvalue weighted by Crippen LogP contribution is -2.38. The van der Waals surface area contributed by atoms with E-state index in [4.69, 9.17) is 5.11 Å². The van der Waals surface area contributed by atoms with Crippen LogP contribution in [0, 0.1) is 5.92 Å². The van der Waals surface area contributed by atoms with Crippen molar-refractivity contribution in [1.82, 2.24) is 15.3 Å². The summed E-state index contributed by atoms with van der Waals surface area (Å²) in [5, 5.41) is 12.0. The molecular weight excluding hydrogens is 270 g/mol. The fourth-order valence-corrected chi connectivity index (χ4v) is 2.83. The Morgan fingerprint density at radius 3 is 2.71 bits per heavy atom. The van der Waals surface area contributed by atoms with Crippen LogP contribution in [0.1, 0.15) is 36.0 Å². The van der Waals surface area contributed by atoms with Gasteiger partial charge in [0, 0.05) is 11.6 Å². The van der Waals surface area contributed by atoms with Crippen molar-refractivity contribution in [2.24, 2.45) is 5.92 Å². The molecule has 3 N–H and O–H groups in total. The van der Waals surface area contributed by atoms with E-state index >= 15 is 0 Å². The molecule has 0 radical (unpaired) electrons. The normalized spacial score (nSPS) is 22.1. The van der Waals surface area contributed by atoms with E-state index in [9.17, 15) is 9.59 Å². The van der Waals surface area contributed by atoms with Crippen LogP contribution in [0.2, 0.25) is 0 Å². The maximum atomic E-state index is 12.2. The zero-order valence-electron chi connectivity index (χ0n) is 11.5. The highest BCUT2D eigenvalue weighted by Gasteiger charge is 2.26. The summed E-state index contributed by atoms with van der Waals surface area (Å²) in [5.41, 5.74) is 2.25. The zero-order valence-corrected chi connectivity index (χ0v) is 11.5. The first kappa shape index (κ1) is 13.6. The molecule has 0 saturated heterocycles. The molecule has 1 aromatic heterocycles. The second-order valence-electron chi connectivity index (χ2n) is 5.49. The number of aliphatic carboxylic acids is 1. The van der Waals surface area contributed by atoms with Crippen LogP contribution in [0.5, 0.6) is 0 Å². The lowest BCUT2D eigenvalue weighted by Gasteiger charge is -2.26. The number of aromatic amines is 1. The monoisotopic (exact) mass is 287 g/mol. The highest BCUT2D eigenvalue weighted by atomic mass is 16.4. The number of hydrogen-bond acceptors (Lipinski definition) is 3. The summed E-state index contributed by atoms with van der Waals surface area (Å²) >= 11 is 0. The van der Waals surface area contributed by atoms with Gasteiger partial charge in [-0.15, -0.1) is 0 Å². The maximum Gasteiger partial charge on any atom is 0.306 e. The number of fused-ring (bicyclic) bond motifs is 1. The average Bonchev–Trinajstić information content (AvgIpc) is 2.95. The lowest BCUT2D eigenvalue weighted by atomic mass is 9.86. The first-order valence-electron chi connectivity index (χ1n) is 7.10. The number of benzene rings is 1. The summed E-state index contributed by atoms with van der Waals surface area (Å²) in [5.74, 6) is -1.12. The molecular formula is C15H17N3O3. The number of carboxylic acid groups (broad SMARTS) is 1. The largest absolute Gasteiger partial charge is 0.481 e. The number of H-pyrrole nitrogens is 1. The van der Waals surface area contributed by atoms with Crippen molar-refractivity contribution in [2.45, 2.75) is 31.7 Å². The van der Waals surface area contributed by atoms with E-state index in [-0.39, 0.29) is 17.9 Å². The molecule has 0 atom stereocenters. The van der Waals surface area contributed by atoms with E-state index in [1.54, 1.807) is 18.5 Å². The topological polar surface area (TPSA) is 95.1 Å². The van der Waals surface area contributed by atoms with Gasteiger partial charge in [-0.05, 0) is 43.9 Å². The second-order valence-corrected chi connectivity index (χ2v) is 5.49. The molecule has 0 unspecified atom stereocenters. The molecule has 1 aliphatic carbocycles. The van der Waals surface area contributed by atoms with E-state index in [0.717, 1.165) is 23.9 Å². The Labute approximate surface area is 121 Å². The van der Waals surface area contributed by atoms with Crippen molar-refractivity contribution < 1.29 is 14.7 Å². The van der Waals surface area contributed by atoms with Crippen LogP contribution >= 0.6 is 0 Å². The number of rotatable bonds is 3. The number of nitrogens with zero attached hydrogens (tertiary/aromatic N) is 1.